The molecular formula is C26H35ClN5O6P. The minimum Gasteiger partial charge on any atom is -0.392 e. The first-order chi connectivity index (χ1) is 18.6. The van der Waals surface area contributed by atoms with Gasteiger partial charge < -0.3 is 30.4 Å². The van der Waals surface area contributed by atoms with Crippen LogP contribution >= 0.6 is 19.4 Å². The van der Waals surface area contributed by atoms with Crippen LogP contribution in [0.25, 0.3) is 0 Å². The summed E-state index contributed by atoms with van der Waals surface area (Å²) in [6, 6.07) is 5.26. The molecule has 2 aromatic rings. The molecule has 212 valence electrons. The zero-order chi connectivity index (χ0) is 27.6. The average molecular weight is 580 g/mol. The molecule has 0 atom stereocenters. The molecule has 0 unspecified atom stereocenters. The molecule has 3 fully saturated rings. The van der Waals surface area contributed by atoms with Gasteiger partial charge in [0.25, 0.3) is 5.91 Å². The highest BCUT2D eigenvalue weighted by Crippen LogP contribution is 2.53. The van der Waals surface area contributed by atoms with Gasteiger partial charge in [-0.15, -0.1) is 0 Å². The summed E-state index contributed by atoms with van der Waals surface area (Å²) in [6.07, 6.45) is 7.88. The van der Waals surface area contributed by atoms with Gasteiger partial charge in [0.2, 0.25) is 5.95 Å². The van der Waals surface area contributed by atoms with E-state index in [0.29, 0.717) is 65.6 Å². The van der Waals surface area contributed by atoms with Crippen LogP contribution in [-0.4, -0.2) is 56.0 Å². The predicted molar refractivity (Wildman–Crippen MR) is 146 cm³/mol. The highest BCUT2D eigenvalue weighted by atomic mass is 35.5. The molecule has 1 aromatic heterocycles. The third kappa shape index (κ3) is 7.28. The van der Waals surface area contributed by atoms with Crippen molar-refractivity contribution in [1.29, 1.82) is 0 Å². The number of anilines is 2. The highest BCUT2D eigenvalue weighted by Gasteiger charge is 2.44. The van der Waals surface area contributed by atoms with E-state index in [-0.39, 0.29) is 18.6 Å². The van der Waals surface area contributed by atoms with Crippen molar-refractivity contribution in [2.75, 3.05) is 23.3 Å². The minimum absolute atomic E-state index is 0.142. The molecule has 11 nitrogen and oxygen atoms in total. The normalized spacial score (nSPS) is 22.5. The Balaban J connectivity index is 1.29. The van der Waals surface area contributed by atoms with Crippen LogP contribution in [0.5, 0.6) is 0 Å². The largest absolute Gasteiger partial charge is 0.469 e. The number of halogens is 1. The van der Waals surface area contributed by atoms with Crippen molar-refractivity contribution in [3.05, 3.63) is 46.1 Å². The Bertz CT molecular complexity index is 1240. The number of nitrogens with one attached hydrogen (secondary N) is 2. The van der Waals surface area contributed by atoms with Crippen molar-refractivity contribution < 1.29 is 28.8 Å². The molecule has 39 heavy (non-hydrogen) atoms. The Morgan fingerprint density at radius 3 is 2.49 bits per heavy atom. The second-order valence-corrected chi connectivity index (χ2v) is 12.5. The molecule has 2 saturated carbocycles. The first kappa shape index (κ1) is 28.3. The van der Waals surface area contributed by atoms with Crippen molar-refractivity contribution >= 4 is 37.1 Å². The van der Waals surface area contributed by atoms with Crippen molar-refractivity contribution in [2.24, 2.45) is 5.41 Å². The van der Waals surface area contributed by atoms with Crippen molar-refractivity contribution in [2.45, 2.75) is 76.7 Å². The quantitative estimate of drug-likeness (QED) is 0.277. The Morgan fingerprint density at radius 1 is 1.15 bits per heavy atom. The summed E-state index contributed by atoms with van der Waals surface area (Å²) in [6.45, 7) is 2.01. The number of rotatable bonds is 9. The number of aliphatic hydroxyl groups is 1. The Labute approximate surface area is 232 Å². The molecule has 0 bridgehead atoms. The van der Waals surface area contributed by atoms with Gasteiger partial charge in [-0.3, -0.25) is 9.32 Å². The lowest BCUT2D eigenvalue weighted by molar-refractivity contribution is 0.0820. The summed E-state index contributed by atoms with van der Waals surface area (Å²) >= 11 is 6.27. The molecule has 2 aliphatic carbocycles. The van der Waals surface area contributed by atoms with Gasteiger partial charge in [-0.2, -0.15) is 4.98 Å². The molecule has 5 N–H and O–H groups in total. The van der Waals surface area contributed by atoms with Crippen LogP contribution in [0.2, 0.25) is 5.02 Å². The summed E-state index contributed by atoms with van der Waals surface area (Å²) in [5.74, 6) is 0.700. The minimum atomic E-state index is -4.53. The predicted octanol–water partition coefficient (Wildman–Crippen LogP) is 3.77. The number of carbonyl (C=O) groups is 1. The third-order valence-electron chi connectivity index (χ3n) is 8.13. The lowest BCUT2D eigenvalue weighted by Crippen LogP contribution is -2.39. The van der Waals surface area contributed by atoms with Gasteiger partial charge in [-0.05, 0) is 74.0 Å². The molecule has 0 radical (unpaired) electrons. The van der Waals surface area contributed by atoms with Gasteiger partial charge in [0, 0.05) is 36.9 Å². The average Bonchev–Trinajstić information content (AvgIpc) is 3.66. The fraction of sp³-hybridized carbons (Fsp3) is 0.577. The van der Waals surface area contributed by atoms with Gasteiger partial charge in [0.05, 0.1) is 12.7 Å². The lowest BCUT2D eigenvalue weighted by Gasteiger charge is -2.32. The number of aliphatic hydroxyl groups excluding tert-OH is 1. The van der Waals surface area contributed by atoms with E-state index in [2.05, 4.69) is 20.5 Å². The van der Waals surface area contributed by atoms with E-state index >= 15 is 0 Å². The van der Waals surface area contributed by atoms with Crippen molar-refractivity contribution in [1.82, 2.24) is 15.3 Å². The fourth-order valence-corrected chi connectivity index (χ4v) is 6.33. The molecule has 5 rings (SSSR count). The van der Waals surface area contributed by atoms with Crippen LogP contribution in [0, 0.1) is 5.41 Å². The Hall–Kier alpha value is -2.27. The molecule has 1 amide bonds. The van der Waals surface area contributed by atoms with Gasteiger partial charge in [-0.1, -0.05) is 23.7 Å². The second kappa shape index (κ2) is 11.7. The number of carbonyl (C=O) groups excluding carboxylic acids is 1. The van der Waals surface area contributed by atoms with Gasteiger partial charge in [0.15, 0.2) is 0 Å². The van der Waals surface area contributed by atoms with Crippen LogP contribution in [0.15, 0.2) is 24.4 Å². The third-order valence-corrected chi connectivity index (χ3v) is 9.05. The smallest absolute Gasteiger partial charge is 0.392 e. The number of piperidine rings is 1. The standard InChI is InChI=1S/C26H35ClN5O6P/c27-22-13-17(1-2-18(22)16-33)14-28-23-21(15-29-25(31-23)32-11-9-26(7-8-26)10-12-32)24(34)30-19-3-5-20(6-4-19)38-39(35,36)37/h1-2,13,15,19-20,33H,3-12,14,16H2,(H,30,34)(H,28,29,31)(H2,35,36,37)/t19-,20-. The molecule has 1 spiro atoms. The number of hydrogen-bond acceptors (Lipinski definition) is 8. The molecule has 1 saturated heterocycles. The van der Waals surface area contributed by atoms with Gasteiger partial charge in [0.1, 0.15) is 11.4 Å². The summed E-state index contributed by atoms with van der Waals surface area (Å²) in [7, 11) is -4.53. The van der Waals surface area contributed by atoms with Gasteiger partial charge in [-0.25, -0.2) is 9.55 Å². The van der Waals surface area contributed by atoms with E-state index in [4.69, 9.17) is 30.9 Å². The maximum atomic E-state index is 13.3. The number of aromatic nitrogens is 2. The molecule has 13 heteroatoms. The van der Waals surface area contributed by atoms with Crippen LogP contribution in [0.1, 0.15) is 72.9 Å². The molecule has 1 aromatic carbocycles. The van der Waals surface area contributed by atoms with Crippen LogP contribution < -0.4 is 15.5 Å². The monoisotopic (exact) mass is 579 g/mol. The van der Waals surface area contributed by atoms with E-state index in [1.54, 1.807) is 18.3 Å². The van der Waals surface area contributed by atoms with Crippen LogP contribution in [-0.2, 0) is 22.2 Å². The van der Waals surface area contributed by atoms with Crippen molar-refractivity contribution in [3.8, 4) is 0 Å². The number of hydrogen-bond donors (Lipinski definition) is 5. The highest BCUT2D eigenvalue weighted by molar-refractivity contribution is 7.46. The Kier molecular flexibility index (Phi) is 8.47. The topological polar surface area (TPSA) is 157 Å². The van der Waals surface area contributed by atoms with Crippen molar-refractivity contribution in [3.63, 3.8) is 0 Å². The summed E-state index contributed by atoms with van der Waals surface area (Å²) in [4.78, 5) is 42.9. The summed E-state index contributed by atoms with van der Waals surface area (Å²) < 4.78 is 15.9. The van der Waals surface area contributed by atoms with E-state index < -0.39 is 13.9 Å². The van der Waals surface area contributed by atoms with Crippen LogP contribution in [0.3, 0.4) is 0 Å². The van der Waals surface area contributed by atoms with E-state index in [9.17, 15) is 14.5 Å². The second-order valence-electron chi connectivity index (χ2n) is 10.9. The maximum absolute atomic E-state index is 13.3. The zero-order valence-electron chi connectivity index (χ0n) is 21.7. The zero-order valence-corrected chi connectivity index (χ0v) is 23.3. The first-order valence-electron chi connectivity index (χ1n) is 13.4. The molecular weight excluding hydrogens is 545 g/mol. The number of phosphoric ester groups is 1. The molecule has 1 aliphatic heterocycles. The number of phosphoric acid groups is 1. The fourth-order valence-electron chi connectivity index (χ4n) is 5.47. The summed E-state index contributed by atoms with van der Waals surface area (Å²) in [5, 5.41) is 16.2. The number of amides is 1. The number of nitrogens with zero attached hydrogens (tertiary/aromatic N) is 3. The first-order valence-corrected chi connectivity index (χ1v) is 15.3. The molecule has 2 heterocycles. The number of benzene rings is 1. The summed E-state index contributed by atoms with van der Waals surface area (Å²) in [5.41, 5.74) is 2.36. The van der Waals surface area contributed by atoms with Crippen LogP contribution in [0.4, 0.5) is 11.8 Å². The maximum Gasteiger partial charge on any atom is 0.469 e. The lowest BCUT2D eigenvalue weighted by atomic mass is 9.93. The Morgan fingerprint density at radius 2 is 1.87 bits per heavy atom. The molecule has 3 aliphatic rings. The van der Waals surface area contributed by atoms with Gasteiger partial charge >= 0.3 is 7.82 Å². The van der Waals surface area contributed by atoms with E-state index in [1.807, 2.05) is 6.07 Å². The van der Waals surface area contributed by atoms with E-state index in [0.717, 1.165) is 31.5 Å². The SMILES string of the molecule is O=C(N[C@H]1CC[C@H](OP(=O)(O)O)CC1)c1cnc(N2CCC3(CC2)CC3)nc1NCc1ccc(CO)c(Cl)c1. The van der Waals surface area contributed by atoms with E-state index in [1.165, 1.54) is 12.8 Å².